The summed E-state index contributed by atoms with van der Waals surface area (Å²) in [4.78, 5) is 32.7. The average Bonchev–Trinajstić information content (AvgIpc) is 3.62. The van der Waals surface area contributed by atoms with Gasteiger partial charge in [-0.15, -0.1) is 0 Å². The molecule has 14 heteroatoms. The van der Waals surface area contributed by atoms with Gasteiger partial charge in [-0.25, -0.2) is 24.3 Å². The molecule has 0 radical (unpaired) electrons. The van der Waals surface area contributed by atoms with E-state index in [9.17, 15) is 19.6 Å². The predicted molar refractivity (Wildman–Crippen MR) is 148 cm³/mol. The van der Waals surface area contributed by atoms with Crippen molar-refractivity contribution in [1.82, 2.24) is 35.0 Å². The van der Waals surface area contributed by atoms with Crippen molar-refractivity contribution in [2.45, 2.75) is 38.1 Å². The van der Waals surface area contributed by atoms with Crippen molar-refractivity contribution in [2.24, 2.45) is 0 Å². The van der Waals surface area contributed by atoms with Crippen molar-refractivity contribution >= 4 is 28.6 Å². The third kappa shape index (κ3) is 5.99. The average molecular weight is 561 g/mol. The number of nitriles is 1. The molecule has 5 rings (SSSR count). The molecule has 1 fully saturated rings. The molecule has 0 aromatic carbocycles. The second kappa shape index (κ2) is 11.3. The standard InChI is InChI=1S/C27H29FN10O3/c1-27(2,40)22(28)14-32-25(39)20-13-30-23(38-24-17(10-35-38)6-16(8-29)9-31-24)7-21(20)36-18-4-5-37(15-18)26-33-11-19(41-3)12-34-26/h6-7,9-13,18,22,40H,4-5,14-15H2,1-3H3,(H,30,36)(H,32,39)/t18-,22-/m1/s1. The first-order valence-electron chi connectivity index (χ1n) is 12.9. The molecule has 2 atom stereocenters. The quantitative estimate of drug-likeness (QED) is 0.274. The highest BCUT2D eigenvalue weighted by Gasteiger charge is 2.29. The molecule has 0 saturated carbocycles. The Morgan fingerprint density at radius 2 is 2.00 bits per heavy atom. The SMILES string of the molecule is COc1cnc(N2CC[C@@H](Nc3cc(-n4ncc5cc(C#N)cnc54)ncc3C(=O)NC[C@@H](F)C(C)(C)O)C2)nc1. The minimum Gasteiger partial charge on any atom is -0.494 e. The van der Waals surface area contributed by atoms with Crippen molar-refractivity contribution < 1.29 is 19.0 Å². The van der Waals surface area contributed by atoms with Crippen molar-refractivity contribution in [3.05, 3.63) is 54.2 Å². The molecule has 41 heavy (non-hydrogen) atoms. The number of rotatable bonds is 9. The number of ether oxygens (including phenoxy) is 1. The third-order valence-corrected chi connectivity index (χ3v) is 6.78. The molecule has 212 valence electrons. The summed E-state index contributed by atoms with van der Waals surface area (Å²) in [6.07, 6.45) is 6.71. The molecule has 0 unspecified atom stereocenters. The fraction of sp³-hybridized carbons (Fsp3) is 0.370. The van der Waals surface area contributed by atoms with Crippen LogP contribution in [0.25, 0.3) is 16.9 Å². The number of carbonyl (C=O) groups is 1. The number of pyridine rings is 2. The number of methoxy groups -OCH3 is 1. The van der Waals surface area contributed by atoms with Gasteiger partial charge in [0.15, 0.2) is 17.2 Å². The van der Waals surface area contributed by atoms with Crippen LogP contribution in [0.5, 0.6) is 5.75 Å². The molecule has 1 amide bonds. The van der Waals surface area contributed by atoms with Gasteiger partial charge in [0.2, 0.25) is 5.95 Å². The van der Waals surface area contributed by atoms with E-state index in [0.29, 0.717) is 52.9 Å². The number of anilines is 2. The fourth-order valence-corrected chi connectivity index (χ4v) is 4.40. The number of nitrogens with one attached hydrogen (secondary N) is 2. The van der Waals surface area contributed by atoms with Crippen LogP contribution in [0.2, 0.25) is 0 Å². The summed E-state index contributed by atoms with van der Waals surface area (Å²) < 4.78 is 21.0. The Morgan fingerprint density at radius 3 is 2.71 bits per heavy atom. The smallest absolute Gasteiger partial charge is 0.255 e. The van der Waals surface area contributed by atoms with Crippen LogP contribution in [-0.4, -0.2) is 85.3 Å². The maximum Gasteiger partial charge on any atom is 0.255 e. The summed E-state index contributed by atoms with van der Waals surface area (Å²) in [6.45, 7) is 3.57. The van der Waals surface area contributed by atoms with Gasteiger partial charge in [-0.2, -0.15) is 15.0 Å². The number of nitrogens with zero attached hydrogens (tertiary/aromatic N) is 8. The fourth-order valence-electron chi connectivity index (χ4n) is 4.40. The van der Waals surface area contributed by atoms with Crippen LogP contribution in [0, 0.1) is 11.3 Å². The summed E-state index contributed by atoms with van der Waals surface area (Å²) in [5.41, 5.74) is -0.0395. The normalized spacial score (nSPS) is 15.9. The van der Waals surface area contributed by atoms with E-state index in [2.05, 4.69) is 41.7 Å². The number of hydrogen-bond donors (Lipinski definition) is 3. The first-order chi connectivity index (χ1) is 19.7. The van der Waals surface area contributed by atoms with Crippen LogP contribution in [-0.2, 0) is 0 Å². The Labute approximate surface area is 235 Å². The van der Waals surface area contributed by atoms with E-state index in [0.717, 1.165) is 6.42 Å². The Kier molecular flexibility index (Phi) is 7.62. The first kappa shape index (κ1) is 27.7. The van der Waals surface area contributed by atoms with E-state index < -0.39 is 17.7 Å². The minimum absolute atomic E-state index is 0.0709. The molecule has 3 N–H and O–H groups in total. The van der Waals surface area contributed by atoms with Gasteiger partial charge < -0.3 is 25.4 Å². The zero-order valence-corrected chi connectivity index (χ0v) is 22.7. The molecule has 4 aromatic heterocycles. The van der Waals surface area contributed by atoms with Crippen molar-refractivity contribution in [1.29, 1.82) is 5.26 Å². The molecule has 1 aliphatic heterocycles. The van der Waals surface area contributed by atoms with E-state index in [-0.39, 0.29) is 18.2 Å². The second-order valence-electron chi connectivity index (χ2n) is 10.2. The van der Waals surface area contributed by atoms with E-state index in [1.165, 1.54) is 30.9 Å². The summed E-state index contributed by atoms with van der Waals surface area (Å²) in [5, 5.41) is 30.1. The topological polar surface area (TPSA) is 167 Å². The number of aliphatic hydroxyl groups is 1. The summed E-state index contributed by atoms with van der Waals surface area (Å²) in [5.74, 6) is 0.973. The third-order valence-electron chi connectivity index (χ3n) is 6.78. The van der Waals surface area contributed by atoms with Gasteiger partial charge in [-0.05, 0) is 26.3 Å². The lowest BCUT2D eigenvalue weighted by molar-refractivity contribution is -0.00177. The number of aromatic nitrogens is 6. The molecule has 5 heterocycles. The molecule has 1 saturated heterocycles. The number of hydrogen-bond acceptors (Lipinski definition) is 11. The lowest BCUT2D eigenvalue weighted by atomic mass is 10.0. The maximum atomic E-state index is 14.4. The highest BCUT2D eigenvalue weighted by Crippen LogP contribution is 2.25. The predicted octanol–water partition coefficient (Wildman–Crippen LogP) is 2.02. The van der Waals surface area contributed by atoms with Gasteiger partial charge in [0.25, 0.3) is 5.91 Å². The maximum absolute atomic E-state index is 14.4. The molecule has 0 bridgehead atoms. The Morgan fingerprint density at radius 1 is 1.22 bits per heavy atom. The van der Waals surface area contributed by atoms with Gasteiger partial charge in [0, 0.05) is 43.0 Å². The lowest BCUT2D eigenvalue weighted by Crippen LogP contribution is -2.42. The lowest BCUT2D eigenvalue weighted by Gasteiger charge is -2.23. The van der Waals surface area contributed by atoms with Crippen LogP contribution < -0.4 is 20.3 Å². The van der Waals surface area contributed by atoms with Gasteiger partial charge in [-0.3, -0.25) is 4.79 Å². The van der Waals surface area contributed by atoms with Crippen molar-refractivity contribution in [3.63, 3.8) is 0 Å². The Bertz CT molecular complexity index is 1600. The molecular formula is C27H29FN10O3. The Balaban J connectivity index is 1.42. The van der Waals surface area contributed by atoms with E-state index in [1.807, 2.05) is 4.90 Å². The van der Waals surface area contributed by atoms with Crippen LogP contribution in [0.1, 0.15) is 36.2 Å². The van der Waals surface area contributed by atoms with Crippen LogP contribution >= 0.6 is 0 Å². The number of carbonyl (C=O) groups excluding carboxylic acids is 1. The van der Waals surface area contributed by atoms with Crippen LogP contribution in [0.4, 0.5) is 16.0 Å². The molecule has 1 aliphatic rings. The molecule has 4 aromatic rings. The summed E-state index contributed by atoms with van der Waals surface area (Å²) >= 11 is 0. The molecule has 0 spiro atoms. The monoisotopic (exact) mass is 560 g/mol. The number of amides is 1. The molecule has 13 nitrogen and oxygen atoms in total. The van der Waals surface area contributed by atoms with Crippen LogP contribution in [0.15, 0.2) is 43.1 Å². The van der Waals surface area contributed by atoms with E-state index in [4.69, 9.17) is 4.74 Å². The highest BCUT2D eigenvalue weighted by atomic mass is 19.1. The zero-order chi connectivity index (χ0) is 29.1. The van der Waals surface area contributed by atoms with E-state index >= 15 is 0 Å². The van der Waals surface area contributed by atoms with Gasteiger partial charge in [-0.1, -0.05) is 0 Å². The molecule has 0 aliphatic carbocycles. The van der Waals surface area contributed by atoms with Gasteiger partial charge >= 0.3 is 0 Å². The van der Waals surface area contributed by atoms with E-state index in [1.54, 1.807) is 37.8 Å². The van der Waals surface area contributed by atoms with Crippen molar-refractivity contribution in [2.75, 3.05) is 37.0 Å². The van der Waals surface area contributed by atoms with Crippen LogP contribution in [0.3, 0.4) is 0 Å². The largest absolute Gasteiger partial charge is 0.494 e. The highest BCUT2D eigenvalue weighted by molar-refractivity contribution is 5.99. The zero-order valence-electron chi connectivity index (χ0n) is 22.7. The summed E-state index contributed by atoms with van der Waals surface area (Å²) in [6, 6.07) is 5.34. The Hall–Kier alpha value is -4.90. The minimum atomic E-state index is -1.66. The number of fused-ring (bicyclic) bond motifs is 1. The second-order valence-corrected chi connectivity index (χ2v) is 10.2. The van der Waals surface area contributed by atoms with Gasteiger partial charge in [0.05, 0.1) is 54.7 Å². The number of halogens is 1. The van der Waals surface area contributed by atoms with Gasteiger partial charge in [0.1, 0.15) is 12.2 Å². The van der Waals surface area contributed by atoms with Crippen molar-refractivity contribution in [3.8, 4) is 17.6 Å². The summed E-state index contributed by atoms with van der Waals surface area (Å²) in [7, 11) is 1.55. The number of alkyl halides is 1. The molecular weight excluding hydrogens is 531 g/mol. The first-order valence-corrected chi connectivity index (χ1v) is 12.9.